The number of carboxylic acids is 1. The fourth-order valence-electron chi connectivity index (χ4n) is 1.16. The fraction of sp³-hybridized carbons (Fsp3) is 0.700. The second-order valence-corrected chi connectivity index (χ2v) is 3.47. The number of likely N-dealkylation sites (N-methyl/N-ethyl adjacent to an activating group) is 1. The summed E-state index contributed by atoms with van der Waals surface area (Å²) in [4.78, 5) is 34.4. The van der Waals surface area contributed by atoms with E-state index in [-0.39, 0.29) is 25.4 Å². The summed E-state index contributed by atoms with van der Waals surface area (Å²) >= 11 is 0. The van der Waals surface area contributed by atoms with Crippen LogP contribution in [0.1, 0.15) is 19.8 Å². The number of urea groups is 1. The van der Waals surface area contributed by atoms with E-state index in [1.165, 1.54) is 11.9 Å². The largest absolute Gasteiger partial charge is 0.481 e. The van der Waals surface area contributed by atoms with E-state index in [0.717, 1.165) is 6.42 Å². The molecule has 7 heteroatoms. The van der Waals surface area contributed by atoms with Gasteiger partial charge in [-0.1, -0.05) is 6.92 Å². The second kappa shape index (κ2) is 8.37. The molecule has 7 nitrogen and oxygen atoms in total. The summed E-state index contributed by atoms with van der Waals surface area (Å²) in [5.41, 5.74) is 0. The molecule has 0 fully saturated rings. The molecule has 0 radical (unpaired) electrons. The molecule has 98 valence electrons. The van der Waals surface area contributed by atoms with Gasteiger partial charge in [-0.2, -0.15) is 0 Å². The standard InChI is InChI=1S/C10H19N3O4/c1-3-6-13(7-8(14)11-2)10(17)12-5-4-9(15)16/h3-7H2,1-2H3,(H,11,14)(H,12,17)(H,15,16). The number of carbonyl (C=O) groups excluding carboxylic acids is 2. The van der Waals surface area contributed by atoms with Gasteiger partial charge in [-0.3, -0.25) is 9.59 Å². The topological polar surface area (TPSA) is 98.7 Å². The first-order chi connectivity index (χ1) is 8.01. The van der Waals surface area contributed by atoms with Gasteiger partial charge in [-0.25, -0.2) is 4.79 Å². The van der Waals surface area contributed by atoms with Gasteiger partial charge in [0.25, 0.3) is 0 Å². The summed E-state index contributed by atoms with van der Waals surface area (Å²) in [5.74, 6) is -1.23. The van der Waals surface area contributed by atoms with Gasteiger partial charge in [-0.05, 0) is 6.42 Å². The Morgan fingerprint density at radius 1 is 1.29 bits per heavy atom. The van der Waals surface area contributed by atoms with Gasteiger partial charge in [-0.15, -0.1) is 0 Å². The van der Waals surface area contributed by atoms with E-state index in [1.54, 1.807) is 0 Å². The van der Waals surface area contributed by atoms with Crippen molar-refractivity contribution in [2.24, 2.45) is 0 Å². The van der Waals surface area contributed by atoms with Crippen LogP contribution in [0.2, 0.25) is 0 Å². The van der Waals surface area contributed by atoms with Crippen molar-refractivity contribution in [3.63, 3.8) is 0 Å². The van der Waals surface area contributed by atoms with Crippen LogP contribution in [0.15, 0.2) is 0 Å². The van der Waals surface area contributed by atoms with Crippen LogP contribution in [0.3, 0.4) is 0 Å². The van der Waals surface area contributed by atoms with E-state index in [2.05, 4.69) is 10.6 Å². The molecule has 0 aromatic carbocycles. The van der Waals surface area contributed by atoms with E-state index in [0.29, 0.717) is 6.54 Å². The fourth-order valence-corrected chi connectivity index (χ4v) is 1.16. The second-order valence-electron chi connectivity index (χ2n) is 3.47. The van der Waals surface area contributed by atoms with E-state index in [9.17, 15) is 14.4 Å². The highest BCUT2D eigenvalue weighted by Gasteiger charge is 2.15. The van der Waals surface area contributed by atoms with Crippen LogP contribution in [0, 0.1) is 0 Å². The van der Waals surface area contributed by atoms with Crippen molar-refractivity contribution in [1.82, 2.24) is 15.5 Å². The molecule has 0 rings (SSSR count). The predicted molar refractivity (Wildman–Crippen MR) is 61.6 cm³/mol. The van der Waals surface area contributed by atoms with Gasteiger partial charge in [0.2, 0.25) is 5.91 Å². The van der Waals surface area contributed by atoms with Crippen molar-refractivity contribution in [2.45, 2.75) is 19.8 Å². The van der Waals surface area contributed by atoms with Crippen LogP contribution in [-0.2, 0) is 9.59 Å². The number of amides is 3. The zero-order chi connectivity index (χ0) is 13.3. The van der Waals surface area contributed by atoms with E-state index >= 15 is 0 Å². The zero-order valence-corrected chi connectivity index (χ0v) is 10.2. The minimum absolute atomic E-state index is 0.0246. The minimum atomic E-state index is -0.973. The van der Waals surface area contributed by atoms with Crippen molar-refractivity contribution in [1.29, 1.82) is 0 Å². The first-order valence-corrected chi connectivity index (χ1v) is 5.46. The monoisotopic (exact) mass is 245 g/mol. The molecular formula is C10H19N3O4. The number of aliphatic carboxylic acids is 1. The number of nitrogens with zero attached hydrogens (tertiary/aromatic N) is 1. The lowest BCUT2D eigenvalue weighted by atomic mass is 10.4. The van der Waals surface area contributed by atoms with E-state index in [1.807, 2.05) is 6.92 Å². The molecule has 0 saturated heterocycles. The summed E-state index contributed by atoms with van der Waals surface area (Å²) in [6, 6.07) is -0.420. The number of rotatable bonds is 7. The Morgan fingerprint density at radius 3 is 2.41 bits per heavy atom. The Kier molecular flexibility index (Phi) is 7.49. The SMILES string of the molecule is CCCN(CC(=O)NC)C(=O)NCCC(=O)O. The van der Waals surface area contributed by atoms with Crippen LogP contribution in [-0.4, -0.2) is 54.6 Å². The number of carbonyl (C=O) groups is 3. The summed E-state index contributed by atoms with van der Waals surface area (Å²) in [5, 5.41) is 13.3. The molecule has 0 aromatic rings. The highest BCUT2D eigenvalue weighted by molar-refractivity contribution is 5.84. The zero-order valence-electron chi connectivity index (χ0n) is 10.2. The molecule has 0 heterocycles. The van der Waals surface area contributed by atoms with E-state index < -0.39 is 12.0 Å². The highest BCUT2D eigenvalue weighted by Crippen LogP contribution is 1.93. The van der Waals surface area contributed by atoms with Crippen LogP contribution >= 0.6 is 0 Å². The smallest absolute Gasteiger partial charge is 0.317 e. The minimum Gasteiger partial charge on any atom is -0.481 e. The Hall–Kier alpha value is -1.79. The number of hydrogen-bond donors (Lipinski definition) is 3. The normalized spacial score (nSPS) is 9.53. The summed E-state index contributed by atoms with van der Waals surface area (Å²) in [6.45, 7) is 2.37. The average molecular weight is 245 g/mol. The average Bonchev–Trinajstić information content (AvgIpc) is 2.27. The molecule has 0 atom stereocenters. The van der Waals surface area contributed by atoms with Gasteiger partial charge in [0.1, 0.15) is 6.54 Å². The third-order valence-corrected chi connectivity index (χ3v) is 2.01. The van der Waals surface area contributed by atoms with Gasteiger partial charge in [0.15, 0.2) is 0 Å². The molecule has 0 saturated carbocycles. The maximum absolute atomic E-state index is 11.6. The van der Waals surface area contributed by atoms with Crippen molar-refractivity contribution < 1.29 is 19.5 Å². The van der Waals surface area contributed by atoms with Crippen LogP contribution < -0.4 is 10.6 Å². The highest BCUT2D eigenvalue weighted by atomic mass is 16.4. The maximum Gasteiger partial charge on any atom is 0.317 e. The first-order valence-electron chi connectivity index (χ1n) is 5.46. The molecule has 17 heavy (non-hydrogen) atoms. The molecule has 0 aromatic heterocycles. The first kappa shape index (κ1) is 15.2. The molecule has 0 aliphatic rings. The van der Waals surface area contributed by atoms with Gasteiger partial charge in [0.05, 0.1) is 6.42 Å². The van der Waals surface area contributed by atoms with Gasteiger partial charge in [0, 0.05) is 20.1 Å². The molecule has 3 amide bonds. The van der Waals surface area contributed by atoms with Crippen LogP contribution in [0.5, 0.6) is 0 Å². The van der Waals surface area contributed by atoms with Crippen molar-refractivity contribution >= 4 is 17.9 Å². The molecule has 3 N–H and O–H groups in total. The van der Waals surface area contributed by atoms with Crippen molar-refractivity contribution in [3.8, 4) is 0 Å². The van der Waals surface area contributed by atoms with Gasteiger partial charge < -0.3 is 20.6 Å². The molecule has 0 spiro atoms. The summed E-state index contributed by atoms with van der Waals surface area (Å²) in [6.07, 6.45) is 0.592. The summed E-state index contributed by atoms with van der Waals surface area (Å²) in [7, 11) is 1.49. The van der Waals surface area contributed by atoms with E-state index in [4.69, 9.17) is 5.11 Å². The number of carboxylic acid groups (broad SMARTS) is 1. The Balaban J connectivity index is 4.14. The van der Waals surface area contributed by atoms with Crippen molar-refractivity contribution in [3.05, 3.63) is 0 Å². The third-order valence-electron chi connectivity index (χ3n) is 2.01. The van der Waals surface area contributed by atoms with Crippen molar-refractivity contribution in [2.75, 3.05) is 26.7 Å². The number of hydrogen-bond acceptors (Lipinski definition) is 3. The lowest BCUT2D eigenvalue weighted by Crippen LogP contribution is -2.45. The Morgan fingerprint density at radius 2 is 1.94 bits per heavy atom. The molecular weight excluding hydrogens is 226 g/mol. The summed E-state index contributed by atoms with van der Waals surface area (Å²) < 4.78 is 0. The van der Waals surface area contributed by atoms with Gasteiger partial charge >= 0.3 is 12.0 Å². The lowest BCUT2D eigenvalue weighted by molar-refractivity contribution is -0.136. The lowest BCUT2D eigenvalue weighted by Gasteiger charge is -2.21. The Bertz CT molecular complexity index is 281. The quantitative estimate of drug-likeness (QED) is 0.570. The van der Waals surface area contributed by atoms with Crippen LogP contribution in [0.4, 0.5) is 4.79 Å². The molecule has 0 aliphatic carbocycles. The van der Waals surface area contributed by atoms with Crippen LogP contribution in [0.25, 0.3) is 0 Å². The maximum atomic E-state index is 11.6. The molecule has 0 bridgehead atoms. The number of nitrogens with one attached hydrogen (secondary N) is 2. The predicted octanol–water partition coefficient (Wildman–Crippen LogP) is -0.371. The molecule has 0 aliphatic heterocycles. The third kappa shape index (κ3) is 7.15. The Labute approximate surface area is 100 Å². The molecule has 0 unspecified atom stereocenters.